The van der Waals surface area contributed by atoms with E-state index in [4.69, 9.17) is 0 Å². The summed E-state index contributed by atoms with van der Waals surface area (Å²) in [5, 5.41) is 0. The summed E-state index contributed by atoms with van der Waals surface area (Å²) in [7, 11) is 0. The van der Waals surface area contributed by atoms with Gasteiger partial charge in [-0.2, -0.15) is 0 Å². The van der Waals surface area contributed by atoms with E-state index in [1.165, 1.54) is 6.42 Å². The van der Waals surface area contributed by atoms with Crippen LogP contribution in [0.5, 0.6) is 0 Å². The van der Waals surface area contributed by atoms with Crippen molar-refractivity contribution in [2.45, 2.75) is 12.0 Å². The molecule has 2 N–H and O–H groups in total. The lowest BCUT2D eigenvalue weighted by molar-refractivity contribution is 0.458. The van der Waals surface area contributed by atoms with Crippen LogP contribution in [-0.4, -0.2) is 5.54 Å². The van der Waals surface area contributed by atoms with E-state index in [0.717, 1.165) is 0 Å². The van der Waals surface area contributed by atoms with Crippen LogP contribution in [0, 0.1) is 5.41 Å². The largest absolute Gasteiger partial charge is 0.328 e. The summed E-state index contributed by atoms with van der Waals surface area (Å²) in [5.74, 6) is 0. The van der Waals surface area contributed by atoms with Crippen LogP contribution in [0.25, 0.3) is 0 Å². The van der Waals surface area contributed by atoms with Gasteiger partial charge in [0.05, 0.1) is 5.54 Å². The Balaban J connectivity index is 2.14. The standard InChI is InChI=1S/C9H10N2/c1-2-4-9-7-8(9,3-1)5-6-10-11-9/h1-6,10-11H,7H2. The molecule has 2 unspecified atom stereocenters. The fraction of sp³-hybridized carbons (Fsp3) is 0.333. The van der Waals surface area contributed by atoms with E-state index in [9.17, 15) is 0 Å². The Morgan fingerprint density at radius 3 is 2.91 bits per heavy atom. The molecule has 1 saturated carbocycles. The van der Waals surface area contributed by atoms with Gasteiger partial charge in [-0.3, -0.25) is 0 Å². The van der Waals surface area contributed by atoms with Gasteiger partial charge < -0.3 is 5.43 Å². The average molecular weight is 146 g/mol. The van der Waals surface area contributed by atoms with Gasteiger partial charge in [0.15, 0.2) is 0 Å². The minimum atomic E-state index is 0.205. The predicted octanol–water partition coefficient (Wildman–Crippen LogP) is 0.863. The summed E-state index contributed by atoms with van der Waals surface area (Å²) in [6.07, 6.45) is 14.2. The molecule has 11 heavy (non-hydrogen) atoms. The zero-order chi connectivity index (χ0) is 7.36. The third-order valence-electron chi connectivity index (χ3n) is 2.92. The van der Waals surface area contributed by atoms with E-state index in [1.54, 1.807) is 0 Å². The monoisotopic (exact) mass is 146 g/mol. The molecule has 1 heterocycles. The minimum Gasteiger partial charge on any atom is -0.328 e. The van der Waals surface area contributed by atoms with Crippen molar-refractivity contribution in [3.05, 3.63) is 36.6 Å². The lowest BCUT2D eigenvalue weighted by atomic mass is 9.94. The molecule has 2 nitrogen and oxygen atoms in total. The average Bonchev–Trinajstić information content (AvgIpc) is 2.72. The fourth-order valence-electron chi connectivity index (χ4n) is 2.11. The van der Waals surface area contributed by atoms with Crippen molar-refractivity contribution in [3.63, 3.8) is 0 Å². The molecule has 2 aliphatic carbocycles. The van der Waals surface area contributed by atoms with Gasteiger partial charge in [-0.25, -0.2) is 5.43 Å². The summed E-state index contributed by atoms with van der Waals surface area (Å²) in [4.78, 5) is 0. The molecule has 0 amide bonds. The lowest BCUT2D eigenvalue weighted by Gasteiger charge is -2.25. The maximum absolute atomic E-state index is 3.29. The number of hydrogen-bond acceptors (Lipinski definition) is 2. The molecule has 3 rings (SSSR count). The van der Waals surface area contributed by atoms with Crippen molar-refractivity contribution in [2.24, 2.45) is 5.41 Å². The van der Waals surface area contributed by atoms with Gasteiger partial charge in [-0.05, 0) is 6.42 Å². The Kier molecular flexibility index (Phi) is 0.730. The van der Waals surface area contributed by atoms with Crippen molar-refractivity contribution >= 4 is 0 Å². The van der Waals surface area contributed by atoms with Crippen LogP contribution in [0.3, 0.4) is 0 Å². The van der Waals surface area contributed by atoms with Gasteiger partial charge in [-0.1, -0.05) is 30.4 Å². The zero-order valence-electron chi connectivity index (χ0n) is 6.17. The first-order valence-electron chi connectivity index (χ1n) is 3.95. The van der Waals surface area contributed by atoms with Crippen molar-refractivity contribution in [3.8, 4) is 0 Å². The Bertz CT molecular complexity index is 290. The molecule has 56 valence electrons. The van der Waals surface area contributed by atoms with Gasteiger partial charge in [0.2, 0.25) is 0 Å². The molecular weight excluding hydrogens is 136 g/mol. The van der Waals surface area contributed by atoms with Gasteiger partial charge in [0.1, 0.15) is 0 Å². The van der Waals surface area contributed by atoms with Gasteiger partial charge in [0, 0.05) is 11.6 Å². The molecule has 0 bridgehead atoms. The maximum Gasteiger partial charge on any atom is 0.0691 e. The second kappa shape index (κ2) is 1.43. The van der Waals surface area contributed by atoms with E-state index in [1.807, 2.05) is 6.20 Å². The Labute approximate surface area is 65.6 Å². The van der Waals surface area contributed by atoms with Crippen LogP contribution >= 0.6 is 0 Å². The SMILES string of the molecule is C1=CC23C=CNNC2(C=C1)C3. The summed E-state index contributed by atoms with van der Waals surface area (Å²) >= 11 is 0. The number of hydrazine groups is 1. The number of allylic oxidation sites excluding steroid dienone is 2. The van der Waals surface area contributed by atoms with Gasteiger partial charge in [-0.15, -0.1) is 0 Å². The number of rotatable bonds is 0. The lowest BCUT2D eigenvalue weighted by Crippen LogP contribution is -2.45. The molecule has 0 spiro atoms. The van der Waals surface area contributed by atoms with E-state index >= 15 is 0 Å². The molecular formula is C9H10N2. The first kappa shape index (κ1) is 5.61. The quantitative estimate of drug-likeness (QED) is 0.529. The van der Waals surface area contributed by atoms with Crippen molar-refractivity contribution in [1.82, 2.24) is 10.9 Å². The minimum absolute atomic E-state index is 0.205. The van der Waals surface area contributed by atoms with Gasteiger partial charge in [0.25, 0.3) is 0 Å². The molecule has 2 heteroatoms. The van der Waals surface area contributed by atoms with Crippen LogP contribution in [0.4, 0.5) is 0 Å². The van der Waals surface area contributed by atoms with Crippen molar-refractivity contribution < 1.29 is 0 Å². The second-order valence-corrected chi connectivity index (χ2v) is 3.51. The first-order chi connectivity index (χ1) is 5.37. The topological polar surface area (TPSA) is 24.1 Å². The zero-order valence-corrected chi connectivity index (χ0v) is 6.17. The normalized spacial score (nSPS) is 49.5. The van der Waals surface area contributed by atoms with E-state index in [2.05, 4.69) is 41.2 Å². The van der Waals surface area contributed by atoms with Crippen LogP contribution in [0.15, 0.2) is 36.6 Å². The molecule has 0 saturated heterocycles. The fourth-order valence-corrected chi connectivity index (χ4v) is 2.11. The highest BCUT2D eigenvalue weighted by atomic mass is 15.4. The second-order valence-electron chi connectivity index (χ2n) is 3.51. The first-order valence-corrected chi connectivity index (χ1v) is 3.95. The molecule has 0 aromatic rings. The molecule has 0 aromatic carbocycles. The third kappa shape index (κ3) is 0.487. The number of hydrogen-bond donors (Lipinski definition) is 2. The highest BCUT2D eigenvalue weighted by Gasteiger charge is 2.64. The van der Waals surface area contributed by atoms with Gasteiger partial charge >= 0.3 is 0 Å². The Morgan fingerprint density at radius 2 is 2.00 bits per heavy atom. The molecule has 0 aromatic heterocycles. The molecule has 1 fully saturated rings. The summed E-state index contributed by atoms with van der Waals surface area (Å²) < 4.78 is 0. The predicted molar refractivity (Wildman–Crippen MR) is 43.5 cm³/mol. The number of nitrogens with one attached hydrogen (secondary N) is 2. The Hall–Kier alpha value is -1.02. The summed E-state index contributed by atoms with van der Waals surface area (Å²) in [6, 6.07) is 0. The van der Waals surface area contributed by atoms with Crippen molar-refractivity contribution in [2.75, 3.05) is 0 Å². The summed E-state index contributed by atoms with van der Waals surface area (Å²) in [5.41, 5.74) is 6.84. The Morgan fingerprint density at radius 1 is 1.09 bits per heavy atom. The summed E-state index contributed by atoms with van der Waals surface area (Å²) in [6.45, 7) is 0. The molecule has 0 radical (unpaired) electrons. The smallest absolute Gasteiger partial charge is 0.0691 e. The van der Waals surface area contributed by atoms with E-state index in [0.29, 0.717) is 5.41 Å². The molecule has 3 aliphatic rings. The van der Waals surface area contributed by atoms with Crippen LogP contribution < -0.4 is 10.9 Å². The van der Waals surface area contributed by atoms with E-state index < -0.39 is 0 Å². The molecule has 2 atom stereocenters. The highest BCUT2D eigenvalue weighted by molar-refractivity contribution is 5.47. The maximum atomic E-state index is 3.29. The molecule has 1 aliphatic heterocycles. The van der Waals surface area contributed by atoms with Crippen LogP contribution in [0.2, 0.25) is 0 Å². The van der Waals surface area contributed by atoms with Crippen LogP contribution in [0.1, 0.15) is 6.42 Å². The van der Waals surface area contributed by atoms with E-state index in [-0.39, 0.29) is 5.54 Å². The van der Waals surface area contributed by atoms with Crippen LogP contribution in [-0.2, 0) is 0 Å². The third-order valence-corrected chi connectivity index (χ3v) is 2.92. The van der Waals surface area contributed by atoms with Crippen molar-refractivity contribution in [1.29, 1.82) is 0 Å². The highest BCUT2D eigenvalue weighted by Crippen LogP contribution is 2.61.